The van der Waals surface area contributed by atoms with Crippen molar-refractivity contribution in [2.24, 2.45) is 0 Å². The summed E-state index contributed by atoms with van der Waals surface area (Å²) in [6.07, 6.45) is 0. The van der Waals surface area contributed by atoms with E-state index in [9.17, 15) is 10.0 Å². The van der Waals surface area contributed by atoms with Gasteiger partial charge < -0.3 is 10.0 Å². The molecule has 0 amide bonds. The van der Waals surface area contributed by atoms with E-state index in [4.69, 9.17) is 0 Å². The minimum absolute atomic E-state index is 0.582. The Morgan fingerprint density at radius 1 is 0.479 bits per heavy atom. The van der Waals surface area contributed by atoms with Crippen LogP contribution in [0.25, 0.3) is 54.2 Å². The summed E-state index contributed by atoms with van der Waals surface area (Å²) in [6.45, 7) is 8.10. The van der Waals surface area contributed by atoms with Crippen molar-refractivity contribution < 1.29 is 10.0 Å². The third-order valence-electron chi connectivity index (χ3n) is 8.50. The zero-order valence-electron chi connectivity index (χ0n) is 27.4. The van der Waals surface area contributed by atoms with E-state index in [0.29, 0.717) is 5.46 Å². The summed E-state index contributed by atoms with van der Waals surface area (Å²) in [6, 6.07) is 45.3. The fourth-order valence-electron chi connectivity index (χ4n) is 6.25. The lowest BCUT2D eigenvalue weighted by molar-refractivity contribution is 0.426. The first-order valence-corrected chi connectivity index (χ1v) is 16.7. The van der Waals surface area contributed by atoms with Gasteiger partial charge in [-0.05, 0) is 128 Å². The van der Waals surface area contributed by atoms with Crippen molar-refractivity contribution in [3.05, 3.63) is 161 Å². The molecule has 2 N–H and O–H groups in total. The van der Waals surface area contributed by atoms with Gasteiger partial charge >= 0.3 is 7.12 Å². The molecule has 0 spiro atoms. The van der Waals surface area contributed by atoms with Gasteiger partial charge in [-0.15, -0.1) is 0 Å². The van der Waals surface area contributed by atoms with Crippen molar-refractivity contribution in [2.75, 3.05) is 0 Å². The van der Waals surface area contributed by atoms with E-state index in [1.807, 2.05) is 81.4 Å². The van der Waals surface area contributed by atoms with Crippen LogP contribution in [0.1, 0.15) is 22.8 Å². The molecule has 0 unspecified atom stereocenters. The SMILES string of the molecule is Cc1ccc(-c2c3ccccc3cc3ccccc23)c(C)n1.Cc1ccc(Br)c(C)n1.OB(O)c1c2ccccc2cc2ccccc12. The van der Waals surface area contributed by atoms with E-state index in [1.54, 1.807) is 0 Å². The quantitative estimate of drug-likeness (QED) is 0.140. The second-order valence-corrected chi connectivity index (χ2v) is 12.8. The van der Waals surface area contributed by atoms with E-state index < -0.39 is 7.12 Å². The normalized spacial score (nSPS) is 10.8. The van der Waals surface area contributed by atoms with Crippen LogP contribution in [0, 0.1) is 27.7 Å². The van der Waals surface area contributed by atoms with Crippen molar-refractivity contribution >= 4 is 71.6 Å². The van der Waals surface area contributed by atoms with Crippen molar-refractivity contribution in [3.63, 3.8) is 0 Å². The van der Waals surface area contributed by atoms with Gasteiger partial charge in [-0.25, -0.2) is 0 Å². The predicted molar refractivity (Wildman–Crippen MR) is 207 cm³/mol. The molecule has 0 aliphatic heterocycles. The van der Waals surface area contributed by atoms with Crippen LogP contribution >= 0.6 is 15.9 Å². The first kappa shape index (κ1) is 33.0. The Hall–Kier alpha value is -4.88. The Bertz CT molecular complexity index is 2300. The molecule has 2 aromatic heterocycles. The Labute approximate surface area is 290 Å². The van der Waals surface area contributed by atoms with Crippen LogP contribution in [0.15, 0.2) is 138 Å². The molecule has 0 bridgehead atoms. The lowest BCUT2D eigenvalue weighted by Gasteiger charge is -2.14. The summed E-state index contributed by atoms with van der Waals surface area (Å²) in [5.41, 5.74) is 7.36. The number of pyridine rings is 2. The zero-order valence-corrected chi connectivity index (χ0v) is 29.0. The van der Waals surface area contributed by atoms with Crippen LogP contribution in [0.5, 0.6) is 0 Å². The maximum atomic E-state index is 9.58. The van der Waals surface area contributed by atoms with Crippen molar-refractivity contribution in [3.8, 4) is 11.1 Å². The van der Waals surface area contributed by atoms with E-state index in [-0.39, 0.29) is 0 Å². The van der Waals surface area contributed by atoms with Gasteiger partial charge in [0.15, 0.2) is 0 Å². The van der Waals surface area contributed by atoms with E-state index in [0.717, 1.165) is 48.8 Å². The Balaban J connectivity index is 0.000000137. The first-order valence-electron chi connectivity index (χ1n) is 15.9. The van der Waals surface area contributed by atoms with Crippen molar-refractivity contribution in [1.82, 2.24) is 9.97 Å². The molecule has 4 nitrogen and oxygen atoms in total. The fraction of sp³-hybridized carbons (Fsp3) is 0.0952. The number of aryl methyl sites for hydroxylation is 4. The van der Waals surface area contributed by atoms with Gasteiger partial charge in [0, 0.05) is 27.1 Å². The number of fused-ring (bicyclic) bond motifs is 4. The van der Waals surface area contributed by atoms with Gasteiger partial charge in [0.05, 0.1) is 5.69 Å². The van der Waals surface area contributed by atoms with Gasteiger partial charge in [0.25, 0.3) is 0 Å². The highest BCUT2D eigenvalue weighted by molar-refractivity contribution is 9.10. The highest BCUT2D eigenvalue weighted by atomic mass is 79.9. The summed E-state index contributed by atoms with van der Waals surface area (Å²) >= 11 is 3.37. The van der Waals surface area contributed by atoms with Crippen LogP contribution in [0.3, 0.4) is 0 Å². The molecule has 8 aromatic rings. The van der Waals surface area contributed by atoms with Gasteiger partial charge in [0.2, 0.25) is 0 Å². The van der Waals surface area contributed by atoms with Crippen LogP contribution in [-0.2, 0) is 0 Å². The molecule has 0 aliphatic rings. The average Bonchev–Trinajstić information content (AvgIpc) is 3.08. The highest BCUT2D eigenvalue weighted by Crippen LogP contribution is 2.37. The molecule has 0 fully saturated rings. The largest absolute Gasteiger partial charge is 0.489 e. The lowest BCUT2D eigenvalue weighted by atomic mass is 9.74. The van der Waals surface area contributed by atoms with Crippen LogP contribution in [0.4, 0.5) is 0 Å². The minimum Gasteiger partial charge on any atom is -0.423 e. The minimum atomic E-state index is -1.45. The Kier molecular flexibility index (Phi) is 9.97. The molecule has 2 heterocycles. The summed E-state index contributed by atoms with van der Waals surface area (Å²) in [7, 11) is -1.45. The second-order valence-electron chi connectivity index (χ2n) is 11.9. The highest BCUT2D eigenvalue weighted by Gasteiger charge is 2.18. The molecule has 0 atom stereocenters. The number of rotatable bonds is 2. The van der Waals surface area contributed by atoms with Crippen LogP contribution in [-0.4, -0.2) is 27.1 Å². The fourth-order valence-corrected chi connectivity index (χ4v) is 6.47. The third kappa shape index (κ3) is 7.02. The molecule has 0 radical (unpaired) electrons. The maximum absolute atomic E-state index is 9.58. The Morgan fingerprint density at radius 3 is 1.29 bits per heavy atom. The predicted octanol–water partition coefficient (Wildman–Crippen LogP) is 9.81. The number of aromatic nitrogens is 2. The van der Waals surface area contributed by atoms with Crippen LogP contribution in [0.2, 0.25) is 0 Å². The second kappa shape index (κ2) is 14.5. The standard InChI is InChI=1S/C21H17N.C14H11BO2.C7H8BrN/c1-14-11-12-18(15(2)22-14)21-19-9-5-3-7-16(19)13-17-8-4-6-10-20(17)21;16-15(17)14-12-7-3-1-5-10(12)9-11-6-2-4-8-13(11)14;1-5-3-4-7(8)6(2)9-5/h3-13H,1-2H3;1-9,16-17H;3-4H,1-2H3. The molecule has 0 aliphatic carbocycles. The monoisotopic (exact) mass is 690 g/mol. The number of nitrogens with zero attached hydrogens (tertiary/aromatic N) is 2. The summed E-state index contributed by atoms with van der Waals surface area (Å²) in [5, 5.41) is 28.1. The summed E-state index contributed by atoms with van der Waals surface area (Å²) in [5.74, 6) is 0. The molecular formula is C42H36BBrN2O2. The number of hydrogen-bond acceptors (Lipinski definition) is 4. The van der Waals surface area contributed by atoms with E-state index in [2.05, 4.69) is 106 Å². The van der Waals surface area contributed by atoms with Gasteiger partial charge in [-0.1, -0.05) is 103 Å². The molecule has 0 saturated carbocycles. The average molecular weight is 691 g/mol. The lowest BCUT2D eigenvalue weighted by Crippen LogP contribution is -2.31. The number of benzene rings is 6. The molecule has 8 rings (SSSR count). The molecule has 0 saturated heterocycles. The van der Waals surface area contributed by atoms with E-state index in [1.165, 1.54) is 32.7 Å². The van der Waals surface area contributed by atoms with Crippen molar-refractivity contribution in [1.29, 1.82) is 0 Å². The van der Waals surface area contributed by atoms with E-state index >= 15 is 0 Å². The van der Waals surface area contributed by atoms with Crippen LogP contribution < -0.4 is 5.46 Å². The topological polar surface area (TPSA) is 66.2 Å². The maximum Gasteiger partial charge on any atom is 0.489 e. The summed E-state index contributed by atoms with van der Waals surface area (Å²) in [4.78, 5) is 8.89. The smallest absolute Gasteiger partial charge is 0.423 e. The summed E-state index contributed by atoms with van der Waals surface area (Å²) < 4.78 is 1.08. The zero-order chi connectivity index (χ0) is 33.8. The molecule has 236 valence electrons. The van der Waals surface area contributed by atoms with Gasteiger partial charge in [-0.2, -0.15) is 0 Å². The first-order chi connectivity index (χ1) is 23.2. The number of hydrogen-bond donors (Lipinski definition) is 2. The molecule has 6 aromatic carbocycles. The van der Waals surface area contributed by atoms with Gasteiger partial charge in [0.1, 0.15) is 0 Å². The Morgan fingerprint density at radius 2 is 0.875 bits per heavy atom. The van der Waals surface area contributed by atoms with Crippen molar-refractivity contribution in [2.45, 2.75) is 27.7 Å². The third-order valence-corrected chi connectivity index (χ3v) is 9.34. The van der Waals surface area contributed by atoms with Gasteiger partial charge in [-0.3, -0.25) is 9.97 Å². The number of halogens is 1. The molecule has 6 heteroatoms. The molecule has 48 heavy (non-hydrogen) atoms. The molecular weight excluding hydrogens is 655 g/mol.